The van der Waals surface area contributed by atoms with Gasteiger partial charge in [-0.2, -0.15) is 4.98 Å². The summed E-state index contributed by atoms with van der Waals surface area (Å²) in [7, 11) is 0. The number of benzene rings is 1. The first-order chi connectivity index (χ1) is 9.78. The van der Waals surface area contributed by atoms with Gasteiger partial charge in [0.25, 0.3) is 5.89 Å². The van der Waals surface area contributed by atoms with Crippen molar-refractivity contribution in [3.05, 3.63) is 36.0 Å². The molecule has 1 aliphatic heterocycles. The van der Waals surface area contributed by atoms with E-state index in [2.05, 4.69) is 15.5 Å². The molecular weight excluding hydrogens is 258 g/mol. The van der Waals surface area contributed by atoms with Crippen molar-refractivity contribution >= 4 is 5.69 Å². The van der Waals surface area contributed by atoms with Crippen LogP contribution in [0.2, 0.25) is 0 Å². The Morgan fingerprint density at radius 1 is 1.45 bits per heavy atom. The van der Waals surface area contributed by atoms with Crippen LogP contribution in [0, 0.1) is 0 Å². The van der Waals surface area contributed by atoms with Gasteiger partial charge in [0.15, 0.2) is 11.9 Å². The Kier molecular flexibility index (Phi) is 3.56. The van der Waals surface area contributed by atoms with Crippen LogP contribution in [0.25, 0.3) is 0 Å². The minimum Gasteiger partial charge on any atom is -0.477 e. The minimum atomic E-state index is -0.278. The van der Waals surface area contributed by atoms with Gasteiger partial charge in [0.05, 0.1) is 12.2 Å². The van der Waals surface area contributed by atoms with Gasteiger partial charge in [0.2, 0.25) is 0 Å². The Hall–Kier alpha value is -2.08. The van der Waals surface area contributed by atoms with Gasteiger partial charge in [0, 0.05) is 6.61 Å². The smallest absolute Gasteiger partial charge is 0.269 e. The molecule has 1 aliphatic rings. The van der Waals surface area contributed by atoms with Crippen molar-refractivity contribution in [3.8, 4) is 5.75 Å². The monoisotopic (exact) mass is 275 g/mol. The molecule has 0 saturated carbocycles. The third kappa shape index (κ3) is 2.46. The topological polar surface area (TPSA) is 69.4 Å². The highest BCUT2D eigenvalue weighted by atomic mass is 16.5. The number of anilines is 1. The average molecular weight is 275 g/mol. The first-order valence-corrected chi connectivity index (χ1v) is 6.72. The lowest BCUT2D eigenvalue weighted by atomic mass is 10.2. The maximum absolute atomic E-state index is 5.87. The Labute approximate surface area is 117 Å². The summed E-state index contributed by atoms with van der Waals surface area (Å²) < 4.78 is 16.6. The van der Waals surface area contributed by atoms with Crippen LogP contribution in [0.4, 0.5) is 5.69 Å². The zero-order valence-corrected chi connectivity index (χ0v) is 11.5. The maximum Gasteiger partial charge on any atom is 0.269 e. The number of ether oxygens (including phenoxy) is 2. The third-order valence-electron chi connectivity index (χ3n) is 3.15. The van der Waals surface area contributed by atoms with Gasteiger partial charge in [-0.3, -0.25) is 0 Å². The molecule has 0 fully saturated rings. The second-order valence-corrected chi connectivity index (χ2v) is 4.57. The number of nitrogens with zero attached hydrogens (tertiary/aromatic N) is 2. The van der Waals surface area contributed by atoms with Crippen molar-refractivity contribution in [1.29, 1.82) is 0 Å². The van der Waals surface area contributed by atoms with Crippen LogP contribution >= 0.6 is 0 Å². The SMILES string of the molecule is CCOC(C)c1noc(C2CNc3ccccc3O2)n1. The average Bonchev–Trinajstić information content (AvgIpc) is 2.97. The molecule has 6 heteroatoms. The highest BCUT2D eigenvalue weighted by Gasteiger charge is 2.26. The maximum atomic E-state index is 5.87. The van der Waals surface area contributed by atoms with Gasteiger partial charge in [-0.15, -0.1) is 0 Å². The predicted molar refractivity (Wildman–Crippen MR) is 72.6 cm³/mol. The number of aromatic nitrogens is 2. The van der Waals surface area contributed by atoms with Crippen LogP contribution < -0.4 is 10.1 Å². The lowest BCUT2D eigenvalue weighted by Crippen LogP contribution is -2.23. The number of rotatable bonds is 4. The number of nitrogens with one attached hydrogen (secondary N) is 1. The Morgan fingerprint density at radius 2 is 2.30 bits per heavy atom. The molecular formula is C14H17N3O3. The summed E-state index contributed by atoms with van der Waals surface area (Å²) in [6, 6.07) is 7.78. The van der Waals surface area contributed by atoms with Gasteiger partial charge in [0.1, 0.15) is 11.9 Å². The molecule has 1 aromatic carbocycles. The Bertz CT molecular complexity index is 585. The highest BCUT2D eigenvalue weighted by molar-refractivity contribution is 5.57. The standard InChI is InChI=1S/C14H17N3O3/c1-3-18-9(2)13-16-14(20-17-13)12-8-15-10-6-4-5-7-11(10)19-12/h4-7,9,12,15H,3,8H2,1-2H3. The molecule has 0 amide bonds. The van der Waals surface area contributed by atoms with E-state index in [1.54, 1.807) is 0 Å². The first kappa shape index (κ1) is 12.9. The fourth-order valence-corrected chi connectivity index (χ4v) is 2.12. The molecule has 3 rings (SSSR count). The van der Waals surface area contributed by atoms with E-state index in [0.717, 1.165) is 11.4 Å². The third-order valence-corrected chi connectivity index (χ3v) is 3.15. The van der Waals surface area contributed by atoms with Crippen molar-refractivity contribution in [2.45, 2.75) is 26.1 Å². The summed E-state index contributed by atoms with van der Waals surface area (Å²) in [5, 5.41) is 7.24. The van der Waals surface area contributed by atoms with Crippen molar-refractivity contribution < 1.29 is 14.0 Å². The summed E-state index contributed by atoms with van der Waals surface area (Å²) >= 11 is 0. The fourth-order valence-electron chi connectivity index (χ4n) is 2.12. The van der Waals surface area contributed by atoms with E-state index < -0.39 is 0 Å². The molecule has 0 radical (unpaired) electrons. The normalized spacial score (nSPS) is 18.8. The summed E-state index contributed by atoms with van der Waals surface area (Å²) in [6.07, 6.45) is -0.457. The fraction of sp³-hybridized carbons (Fsp3) is 0.429. The zero-order valence-electron chi connectivity index (χ0n) is 11.5. The number of fused-ring (bicyclic) bond motifs is 1. The van der Waals surface area contributed by atoms with Crippen LogP contribution in [0.5, 0.6) is 5.75 Å². The molecule has 2 aromatic rings. The molecule has 2 heterocycles. The molecule has 106 valence electrons. The van der Waals surface area contributed by atoms with Gasteiger partial charge >= 0.3 is 0 Å². The second kappa shape index (κ2) is 5.50. The number of para-hydroxylation sites is 2. The molecule has 0 aliphatic carbocycles. The van der Waals surface area contributed by atoms with Crippen LogP contribution in [0.15, 0.2) is 28.8 Å². The van der Waals surface area contributed by atoms with Crippen LogP contribution in [-0.4, -0.2) is 23.3 Å². The Balaban J connectivity index is 1.75. The highest BCUT2D eigenvalue weighted by Crippen LogP contribution is 2.33. The number of hydrogen-bond acceptors (Lipinski definition) is 6. The van der Waals surface area contributed by atoms with E-state index in [4.69, 9.17) is 14.0 Å². The van der Waals surface area contributed by atoms with Crippen molar-refractivity contribution in [2.24, 2.45) is 0 Å². The van der Waals surface area contributed by atoms with Crippen LogP contribution in [-0.2, 0) is 4.74 Å². The first-order valence-electron chi connectivity index (χ1n) is 6.72. The molecule has 6 nitrogen and oxygen atoms in total. The Morgan fingerprint density at radius 3 is 3.15 bits per heavy atom. The van der Waals surface area contributed by atoms with E-state index in [0.29, 0.717) is 24.9 Å². The van der Waals surface area contributed by atoms with E-state index in [1.807, 2.05) is 38.1 Å². The zero-order chi connectivity index (χ0) is 13.9. The lowest BCUT2D eigenvalue weighted by molar-refractivity contribution is 0.0683. The largest absolute Gasteiger partial charge is 0.477 e. The lowest BCUT2D eigenvalue weighted by Gasteiger charge is -2.24. The van der Waals surface area contributed by atoms with Crippen molar-refractivity contribution in [1.82, 2.24) is 10.1 Å². The van der Waals surface area contributed by atoms with E-state index in [9.17, 15) is 0 Å². The molecule has 2 unspecified atom stereocenters. The van der Waals surface area contributed by atoms with E-state index in [1.165, 1.54) is 0 Å². The number of hydrogen-bond donors (Lipinski definition) is 1. The summed E-state index contributed by atoms with van der Waals surface area (Å²) in [4.78, 5) is 4.36. The van der Waals surface area contributed by atoms with Crippen molar-refractivity contribution in [3.63, 3.8) is 0 Å². The predicted octanol–water partition coefficient (Wildman–Crippen LogP) is 2.71. The summed E-state index contributed by atoms with van der Waals surface area (Å²) in [5.74, 6) is 1.80. The molecule has 0 spiro atoms. The van der Waals surface area contributed by atoms with Gasteiger partial charge in [-0.25, -0.2) is 0 Å². The summed E-state index contributed by atoms with van der Waals surface area (Å²) in [5.41, 5.74) is 0.978. The van der Waals surface area contributed by atoms with E-state index >= 15 is 0 Å². The summed E-state index contributed by atoms with van der Waals surface area (Å²) in [6.45, 7) is 5.04. The van der Waals surface area contributed by atoms with Crippen molar-refractivity contribution in [2.75, 3.05) is 18.5 Å². The molecule has 1 N–H and O–H groups in total. The van der Waals surface area contributed by atoms with Crippen LogP contribution in [0.3, 0.4) is 0 Å². The molecule has 20 heavy (non-hydrogen) atoms. The van der Waals surface area contributed by atoms with Gasteiger partial charge < -0.3 is 19.3 Å². The van der Waals surface area contributed by atoms with Crippen LogP contribution in [0.1, 0.15) is 37.8 Å². The molecule has 0 saturated heterocycles. The van der Waals surface area contributed by atoms with Gasteiger partial charge in [-0.05, 0) is 26.0 Å². The van der Waals surface area contributed by atoms with Gasteiger partial charge in [-0.1, -0.05) is 17.3 Å². The second-order valence-electron chi connectivity index (χ2n) is 4.57. The van der Waals surface area contributed by atoms with E-state index in [-0.39, 0.29) is 12.2 Å². The molecule has 0 bridgehead atoms. The molecule has 2 atom stereocenters. The minimum absolute atomic E-state index is 0.179. The quantitative estimate of drug-likeness (QED) is 0.925. The molecule has 1 aromatic heterocycles.